The van der Waals surface area contributed by atoms with E-state index in [1.54, 1.807) is 7.11 Å². The molecule has 0 fully saturated rings. The molecule has 90 valence electrons. The summed E-state index contributed by atoms with van der Waals surface area (Å²) in [5.41, 5.74) is 2.12. The molecule has 0 amide bonds. The molecule has 0 saturated carbocycles. The van der Waals surface area contributed by atoms with Gasteiger partial charge in [0, 0.05) is 12.1 Å². The monoisotopic (exact) mass is 242 g/mol. The molecule has 1 aromatic rings. The van der Waals surface area contributed by atoms with Gasteiger partial charge < -0.3 is 9.84 Å². The molecule has 2 unspecified atom stereocenters. The summed E-state index contributed by atoms with van der Waals surface area (Å²) in [6.45, 7) is 3.94. The summed E-state index contributed by atoms with van der Waals surface area (Å²) in [4.78, 5) is 0. The van der Waals surface area contributed by atoms with E-state index in [-0.39, 0.29) is 6.10 Å². The average Bonchev–Trinajstić information content (AvgIpc) is 2.22. The van der Waals surface area contributed by atoms with E-state index < -0.39 is 6.10 Å². The van der Waals surface area contributed by atoms with Gasteiger partial charge in [-0.1, -0.05) is 23.7 Å². The molecule has 3 heteroatoms. The summed E-state index contributed by atoms with van der Waals surface area (Å²) in [7, 11) is 1.65. The fraction of sp³-hybridized carbons (Fsp3) is 0.538. The van der Waals surface area contributed by atoms with Gasteiger partial charge in [-0.2, -0.15) is 0 Å². The van der Waals surface area contributed by atoms with E-state index in [2.05, 4.69) is 0 Å². The van der Waals surface area contributed by atoms with Crippen LogP contribution < -0.4 is 0 Å². The Morgan fingerprint density at radius 1 is 1.44 bits per heavy atom. The third-order valence-corrected chi connectivity index (χ3v) is 3.02. The topological polar surface area (TPSA) is 29.5 Å². The number of methoxy groups -OCH3 is 1. The van der Waals surface area contributed by atoms with Crippen LogP contribution in [0.1, 0.15) is 24.5 Å². The molecule has 0 aromatic heterocycles. The van der Waals surface area contributed by atoms with Gasteiger partial charge in [-0.05, 0) is 43.9 Å². The van der Waals surface area contributed by atoms with Crippen molar-refractivity contribution in [2.45, 2.75) is 38.9 Å². The maximum Gasteiger partial charge on any atom is 0.0605 e. The number of ether oxygens (including phenoxy) is 1. The fourth-order valence-corrected chi connectivity index (χ4v) is 1.95. The molecule has 0 heterocycles. The van der Waals surface area contributed by atoms with Gasteiger partial charge in [-0.15, -0.1) is 0 Å². The zero-order valence-corrected chi connectivity index (χ0v) is 10.8. The molecule has 16 heavy (non-hydrogen) atoms. The number of aliphatic hydroxyl groups excluding tert-OH is 1. The highest BCUT2D eigenvalue weighted by molar-refractivity contribution is 6.31. The Morgan fingerprint density at radius 3 is 2.69 bits per heavy atom. The smallest absolute Gasteiger partial charge is 0.0605 e. The Balaban J connectivity index is 2.59. The summed E-state index contributed by atoms with van der Waals surface area (Å²) >= 11 is 6.10. The van der Waals surface area contributed by atoms with Gasteiger partial charge in [-0.25, -0.2) is 0 Å². The molecule has 1 N–H and O–H groups in total. The van der Waals surface area contributed by atoms with Crippen LogP contribution in [0.15, 0.2) is 18.2 Å². The minimum absolute atomic E-state index is 0.0687. The first kappa shape index (κ1) is 13.5. The molecule has 0 radical (unpaired) electrons. The lowest BCUT2D eigenvalue weighted by molar-refractivity contribution is 0.0565. The predicted octanol–water partition coefficient (Wildman–Crippen LogP) is 2.98. The van der Waals surface area contributed by atoms with Crippen molar-refractivity contribution < 1.29 is 9.84 Å². The molecule has 0 saturated heterocycles. The second kappa shape index (κ2) is 6.24. The molecule has 0 aliphatic rings. The molecule has 0 spiro atoms. The SMILES string of the molecule is COC(C)CC(O)Cc1ccc(C)cc1Cl. The lowest BCUT2D eigenvalue weighted by Crippen LogP contribution is -2.19. The largest absolute Gasteiger partial charge is 0.393 e. The lowest BCUT2D eigenvalue weighted by Gasteiger charge is -2.16. The number of aliphatic hydroxyl groups is 1. The number of aryl methyl sites for hydroxylation is 1. The van der Waals surface area contributed by atoms with Crippen molar-refractivity contribution in [2.75, 3.05) is 7.11 Å². The standard InChI is InChI=1S/C13H19ClO2/c1-9-4-5-11(13(14)6-9)8-12(15)7-10(2)16-3/h4-6,10,12,15H,7-8H2,1-3H3. The summed E-state index contributed by atoms with van der Waals surface area (Å²) in [6, 6.07) is 5.90. The van der Waals surface area contributed by atoms with Crippen molar-refractivity contribution in [1.29, 1.82) is 0 Å². The van der Waals surface area contributed by atoms with Crippen LogP contribution in [-0.4, -0.2) is 24.4 Å². The average molecular weight is 243 g/mol. The molecule has 1 aromatic carbocycles. The quantitative estimate of drug-likeness (QED) is 0.860. The van der Waals surface area contributed by atoms with Crippen LogP contribution in [0.25, 0.3) is 0 Å². The fourth-order valence-electron chi connectivity index (χ4n) is 1.63. The van der Waals surface area contributed by atoms with E-state index in [0.717, 1.165) is 16.1 Å². The van der Waals surface area contributed by atoms with Crippen molar-refractivity contribution in [3.05, 3.63) is 34.3 Å². The van der Waals surface area contributed by atoms with E-state index in [1.165, 1.54) is 0 Å². The highest BCUT2D eigenvalue weighted by atomic mass is 35.5. The minimum Gasteiger partial charge on any atom is -0.393 e. The van der Waals surface area contributed by atoms with E-state index in [0.29, 0.717) is 12.8 Å². The van der Waals surface area contributed by atoms with Gasteiger partial charge in [0.1, 0.15) is 0 Å². The molecular formula is C13H19ClO2. The van der Waals surface area contributed by atoms with Gasteiger partial charge in [0.25, 0.3) is 0 Å². The van der Waals surface area contributed by atoms with Crippen LogP contribution in [0, 0.1) is 6.92 Å². The van der Waals surface area contributed by atoms with Crippen molar-refractivity contribution in [2.24, 2.45) is 0 Å². The first-order valence-corrected chi connectivity index (χ1v) is 5.86. The Bertz CT molecular complexity index is 339. The highest BCUT2D eigenvalue weighted by Gasteiger charge is 2.12. The number of rotatable bonds is 5. The van der Waals surface area contributed by atoms with E-state index in [1.807, 2.05) is 32.0 Å². The van der Waals surface area contributed by atoms with E-state index in [4.69, 9.17) is 16.3 Å². The van der Waals surface area contributed by atoms with Crippen molar-refractivity contribution >= 4 is 11.6 Å². The van der Waals surface area contributed by atoms with Crippen LogP contribution in [0.4, 0.5) is 0 Å². The first-order chi connectivity index (χ1) is 7.52. The third kappa shape index (κ3) is 4.12. The van der Waals surface area contributed by atoms with Gasteiger partial charge >= 0.3 is 0 Å². The summed E-state index contributed by atoms with van der Waals surface area (Å²) in [5, 5.41) is 10.6. The van der Waals surface area contributed by atoms with Crippen molar-refractivity contribution in [3.8, 4) is 0 Å². The molecule has 0 bridgehead atoms. The summed E-state index contributed by atoms with van der Waals surface area (Å²) in [6.07, 6.45) is 0.863. The molecule has 0 aliphatic heterocycles. The molecule has 2 atom stereocenters. The number of benzene rings is 1. The number of hydrogen-bond acceptors (Lipinski definition) is 2. The van der Waals surface area contributed by atoms with Gasteiger partial charge in [0.2, 0.25) is 0 Å². The normalized spacial score (nSPS) is 14.8. The van der Waals surface area contributed by atoms with Crippen LogP contribution >= 0.6 is 11.6 Å². The van der Waals surface area contributed by atoms with Gasteiger partial charge in [0.05, 0.1) is 12.2 Å². The number of hydrogen-bond donors (Lipinski definition) is 1. The van der Waals surface area contributed by atoms with Crippen LogP contribution in [0.3, 0.4) is 0 Å². The second-order valence-corrected chi connectivity index (χ2v) is 4.64. The molecule has 1 rings (SSSR count). The Morgan fingerprint density at radius 2 is 2.12 bits per heavy atom. The Labute approximate surface area is 102 Å². The van der Waals surface area contributed by atoms with Gasteiger partial charge in [0.15, 0.2) is 0 Å². The zero-order valence-electron chi connectivity index (χ0n) is 10.0. The Kier molecular flexibility index (Phi) is 5.26. The molecule has 0 aliphatic carbocycles. The predicted molar refractivity (Wildman–Crippen MR) is 67.0 cm³/mol. The second-order valence-electron chi connectivity index (χ2n) is 4.23. The van der Waals surface area contributed by atoms with E-state index in [9.17, 15) is 5.11 Å². The third-order valence-electron chi connectivity index (χ3n) is 2.67. The molecular weight excluding hydrogens is 224 g/mol. The van der Waals surface area contributed by atoms with Crippen LogP contribution in [0.5, 0.6) is 0 Å². The summed E-state index contributed by atoms with van der Waals surface area (Å²) in [5.74, 6) is 0. The highest BCUT2D eigenvalue weighted by Crippen LogP contribution is 2.20. The van der Waals surface area contributed by atoms with Gasteiger partial charge in [-0.3, -0.25) is 0 Å². The number of halogens is 1. The summed E-state index contributed by atoms with van der Waals surface area (Å²) < 4.78 is 5.11. The van der Waals surface area contributed by atoms with Crippen LogP contribution in [0.2, 0.25) is 5.02 Å². The maximum atomic E-state index is 9.86. The zero-order chi connectivity index (χ0) is 12.1. The first-order valence-electron chi connectivity index (χ1n) is 5.48. The minimum atomic E-state index is -0.407. The van der Waals surface area contributed by atoms with Crippen LogP contribution in [-0.2, 0) is 11.2 Å². The maximum absolute atomic E-state index is 9.86. The van der Waals surface area contributed by atoms with Crippen molar-refractivity contribution in [3.63, 3.8) is 0 Å². The lowest BCUT2D eigenvalue weighted by atomic mass is 10.0. The van der Waals surface area contributed by atoms with E-state index >= 15 is 0 Å². The molecule has 2 nitrogen and oxygen atoms in total. The van der Waals surface area contributed by atoms with Crippen molar-refractivity contribution in [1.82, 2.24) is 0 Å². The Hall–Kier alpha value is -0.570.